The van der Waals surface area contributed by atoms with E-state index in [9.17, 15) is 0 Å². The zero-order chi connectivity index (χ0) is 13.8. The first kappa shape index (κ1) is 13.2. The van der Waals surface area contributed by atoms with E-state index in [-0.39, 0.29) is 0 Å². The molecule has 106 valence electrons. The maximum Gasteiger partial charge on any atom is 0.0731 e. The van der Waals surface area contributed by atoms with Crippen LogP contribution in [0.5, 0.6) is 0 Å². The fourth-order valence-electron chi connectivity index (χ4n) is 2.85. The highest BCUT2D eigenvalue weighted by Gasteiger charge is 2.19. The van der Waals surface area contributed by atoms with Gasteiger partial charge in [-0.05, 0) is 30.4 Å². The van der Waals surface area contributed by atoms with Crippen molar-refractivity contribution in [1.82, 2.24) is 9.78 Å². The van der Waals surface area contributed by atoms with Gasteiger partial charge in [0.2, 0.25) is 0 Å². The van der Waals surface area contributed by atoms with Crippen molar-refractivity contribution >= 4 is 5.69 Å². The van der Waals surface area contributed by atoms with E-state index in [2.05, 4.69) is 40.9 Å². The van der Waals surface area contributed by atoms with Crippen LogP contribution in [0.25, 0.3) is 0 Å². The van der Waals surface area contributed by atoms with Gasteiger partial charge in [0.05, 0.1) is 31.1 Å². The smallest absolute Gasteiger partial charge is 0.0731 e. The molecular weight excluding hydrogens is 250 g/mol. The van der Waals surface area contributed by atoms with E-state index in [4.69, 9.17) is 4.74 Å². The highest BCUT2D eigenvalue weighted by Crippen LogP contribution is 2.32. The quantitative estimate of drug-likeness (QED) is 0.908. The Balaban J connectivity index is 1.71. The van der Waals surface area contributed by atoms with Gasteiger partial charge in [0.15, 0.2) is 0 Å². The highest BCUT2D eigenvalue weighted by atomic mass is 16.5. The van der Waals surface area contributed by atoms with Crippen molar-refractivity contribution in [2.45, 2.75) is 31.8 Å². The molecule has 4 heteroatoms. The predicted molar refractivity (Wildman–Crippen MR) is 79.8 cm³/mol. The van der Waals surface area contributed by atoms with Crippen LogP contribution in [0, 0.1) is 0 Å². The van der Waals surface area contributed by atoms with Gasteiger partial charge in [-0.2, -0.15) is 5.10 Å². The van der Waals surface area contributed by atoms with Gasteiger partial charge in [-0.1, -0.05) is 24.3 Å². The molecular formula is C16H21N3O. The Labute approximate surface area is 119 Å². The lowest BCUT2D eigenvalue weighted by Gasteiger charge is -2.26. The molecule has 20 heavy (non-hydrogen) atoms. The van der Waals surface area contributed by atoms with Gasteiger partial charge >= 0.3 is 0 Å². The molecule has 0 aliphatic heterocycles. The number of hydrogen-bond acceptors (Lipinski definition) is 3. The van der Waals surface area contributed by atoms with Crippen LogP contribution in [-0.2, 0) is 17.7 Å². The largest absolute Gasteiger partial charge is 0.383 e. The minimum absolute atomic E-state index is 0.403. The molecule has 0 bridgehead atoms. The Morgan fingerprint density at radius 3 is 3.20 bits per heavy atom. The molecule has 1 aliphatic carbocycles. The normalized spacial score (nSPS) is 17.8. The van der Waals surface area contributed by atoms with Crippen LogP contribution in [0.2, 0.25) is 0 Å². The number of fused-ring (bicyclic) bond motifs is 1. The summed E-state index contributed by atoms with van der Waals surface area (Å²) in [7, 11) is 1.71. The summed E-state index contributed by atoms with van der Waals surface area (Å²) in [6.07, 6.45) is 7.57. The summed E-state index contributed by atoms with van der Waals surface area (Å²) in [6, 6.07) is 9.14. The molecule has 0 saturated carbocycles. The standard InChI is InChI=1S/C16H21N3O/c1-20-10-9-19-12-14(11-17-19)18-16-8-4-6-13-5-2-3-7-15(13)16/h2-3,5,7,11-12,16,18H,4,6,8-10H2,1H3. The van der Waals surface area contributed by atoms with Crippen molar-refractivity contribution in [3.05, 3.63) is 47.8 Å². The van der Waals surface area contributed by atoms with Gasteiger partial charge in [-0.3, -0.25) is 4.68 Å². The summed E-state index contributed by atoms with van der Waals surface area (Å²) >= 11 is 0. The molecule has 3 rings (SSSR count). The Kier molecular flexibility index (Phi) is 4.02. The first-order chi connectivity index (χ1) is 9.86. The molecule has 2 aromatic rings. The van der Waals surface area contributed by atoms with E-state index in [1.165, 1.54) is 30.4 Å². The van der Waals surface area contributed by atoms with Crippen LogP contribution in [-0.4, -0.2) is 23.5 Å². The van der Waals surface area contributed by atoms with E-state index < -0.39 is 0 Å². The van der Waals surface area contributed by atoms with Crippen LogP contribution < -0.4 is 5.32 Å². The van der Waals surface area contributed by atoms with Gasteiger partial charge in [-0.15, -0.1) is 0 Å². The molecule has 4 nitrogen and oxygen atoms in total. The molecule has 1 heterocycles. The SMILES string of the molecule is COCCn1cc(NC2CCCc3ccccc32)cn1. The zero-order valence-electron chi connectivity index (χ0n) is 11.9. The number of benzene rings is 1. The topological polar surface area (TPSA) is 39.1 Å². The molecule has 0 saturated heterocycles. The average molecular weight is 271 g/mol. The summed E-state index contributed by atoms with van der Waals surface area (Å²) in [5.41, 5.74) is 3.99. The minimum Gasteiger partial charge on any atom is -0.383 e. The molecule has 1 atom stereocenters. The lowest BCUT2D eigenvalue weighted by atomic mass is 9.88. The molecule has 0 amide bonds. The molecule has 1 aromatic carbocycles. The molecule has 1 aliphatic rings. The van der Waals surface area contributed by atoms with Crippen molar-refractivity contribution in [3.8, 4) is 0 Å². The number of aromatic nitrogens is 2. The summed E-state index contributed by atoms with van der Waals surface area (Å²) in [5.74, 6) is 0. The Morgan fingerprint density at radius 1 is 1.40 bits per heavy atom. The van der Waals surface area contributed by atoms with Gasteiger partial charge in [0.25, 0.3) is 0 Å². The van der Waals surface area contributed by atoms with Gasteiger partial charge in [0, 0.05) is 13.3 Å². The van der Waals surface area contributed by atoms with Crippen LogP contribution in [0.1, 0.15) is 30.0 Å². The van der Waals surface area contributed by atoms with E-state index in [0.717, 1.165) is 12.2 Å². The first-order valence-electron chi connectivity index (χ1n) is 7.22. The van der Waals surface area contributed by atoms with E-state index in [1.807, 2.05) is 10.9 Å². The maximum absolute atomic E-state index is 5.07. The zero-order valence-corrected chi connectivity index (χ0v) is 11.9. The lowest BCUT2D eigenvalue weighted by molar-refractivity contribution is 0.183. The second kappa shape index (κ2) is 6.09. The monoisotopic (exact) mass is 271 g/mol. The summed E-state index contributed by atoms with van der Waals surface area (Å²) in [5, 5.41) is 7.96. The Morgan fingerprint density at radius 2 is 2.30 bits per heavy atom. The molecule has 0 spiro atoms. The van der Waals surface area contributed by atoms with Crippen LogP contribution in [0.3, 0.4) is 0 Å². The van der Waals surface area contributed by atoms with Crippen molar-refractivity contribution in [2.75, 3.05) is 19.0 Å². The molecule has 1 N–H and O–H groups in total. The third kappa shape index (κ3) is 2.85. The fraction of sp³-hybridized carbons (Fsp3) is 0.438. The van der Waals surface area contributed by atoms with Crippen molar-refractivity contribution < 1.29 is 4.74 Å². The number of rotatable bonds is 5. The Bertz CT molecular complexity index is 564. The second-order valence-corrected chi connectivity index (χ2v) is 5.27. The number of anilines is 1. The van der Waals surface area contributed by atoms with Crippen molar-refractivity contribution in [1.29, 1.82) is 0 Å². The van der Waals surface area contributed by atoms with Crippen LogP contribution in [0.4, 0.5) is 5.69 Å². The van der Waals surface area contributed by atoms with Gasteiger partial charge in [-0.25, -0.2) is 0 Å². The number of hydrogen-bond donors (Lipinski definition) is 1. The number of aryl methyl sites for hydroxylation is 1. The van der Waals surface area contributed by atoms with E-state index in [0.29, 0.717) is 12.6 Å². The third-order valence-corrected chi connectivity index (χ3v) is 3.87. The average Bonchev–Trinajstić information content (AvgIpc) is 2.93. The molecule has 0 radical (unpaired) electrons. The summed E-state index contributed by atoms with van der Waals surface area (Å²) in [4.78, 5) is 0. The lowest BCUT2D eigenvalue weighted by Crippen LogP contribution is -2.17. The number of methoxy groups -OCH3 is 1. The van der Waals surface area contributed by atoms with Gasteiger partial charge in [0.1, 0.15) is 0 Å². The summed E-state index contributed by atoms with van der Waals surface area (Å²) < 4.78 is 6.99. The van der Waals surface area contributed by atoms with E-state index in [1.54, 1.807) is 7.11 Å². The van der Waals surface area contributed by atoms with Crippen LogP contribution in [0.15, 0.2) is 36.7 Å². The predicted octanol–water partition coefficient (Wildman–Crippen LogP) is 3.02. The van der Waals surface area contributed by atoms with E-state index >= 15 is 0 Å². The van der Waals surface area contributed by atoms with Crippen molar-refractivity contribution in [2.24, 2.45) is 0 Å². The molecule has 1 aromatic heterocycles. The molecule has 1 unspecified atom stereocenters. The number of ether oxygens (including phenoxy) is 1. The minimum atomic E-state index is 0.403. The van der Waals surface area contributed by atoms with Gasteiger partial charge < -0.3 is 10.1 Å². The number of nitrogens with zero attached hydrogens (tertiary/aromatic N) is 2. The second-order valence-electron chi connectivity index (χ2n) is 5.27. The third-order valence-electron chi connectivity index (χ3n) is 3.87. The maximum atomic E-state index is 5.07. The first-order valence-corrected chi connectivity index (χ1v) is 7.22. The Hall–Kier alpha value is -1.81. The van der Waals surface area contributed by atoms with Crippen molar-refractivity contribution in [3.63, 3.8) is 0 Å². The molecule has 0 fully saturated rings. The fourth-order valence-corrected chi connectivity index (χ4v) is 2.85. The highest BCUT2D eigenvalue weighted by molar-refractivity contribution is 5.44. The number of nitrogens with one attached hydrogen (secondary N) is 1. The van der Waals surface area contributed by atoms with Crippen LogP contribution >= 0.6 is 0 Å². The summed E-state index contributed by atoms with van der Waals surface area (Å²) in [6.45, 7) is 1.48.